The van der Waals surface area contributed by atoms with E-state index in [2.05, 4.69) is 184 Å². The van der Waals surface area contributed by atoms with Crippen LogP contribution in [0.1, 0.15) is 348 Å². The first-order valence-corrected chi connectivity index (χ1v) is 42.3. The van der Waals surface area contributed by atoms with Crippen LogP contribution in [0.3, 0.4) is 0 Å². The van der Waals surface area contributed by atoms with E-state index in [0.29, 0.717) is 17.4 Å². The molecule has 0 aromatic heterocycles. The number of likely N-dealkylation sites (N-methyl/N-ethyl adjacent to an activating group) is 1. The molecule has 0 bridgehead atoms. The largest absolute Gasteiger partial charge is 0.545 e. The summed E-state index contributed by atoms with van der Waals surface area (Å²) >= 11 is 0. The second kappa shape index (κ2) is 82.3. The number of esters is 2. The summed E-state index contributed by atoms with van der Waals surface area (Å²) in [6, 6.07) is 0. The van der Waals surface area contributed by atoms with Crippen LogP contribution < -0.4 is 5.11 Å². The number of ether oxygens (including phenoxy) is 4. The van der Waals surface area contributed by atoms with E-state index in [0.717, 1.165) is 148 Å². The lowest BCUT2D eigenvalue weighted by Crippen LogP contribution is -2.44. The van der Waals surface area contributed by atoms with E-state index in [4.69, 9.17) is 18.9 Å². The molecule has 0 saturated heterocycles. The van der Waals surface area contributed by atoms with Crippen molar-refractivity contribution in [1.29, 1.82) is 0 Å². The number of aliphatic carboxylic acids is 1. The lowest BCUT2D eigenvalue weighted by atomic mass is 10.0. The first-order chi connectivity index (χ1) is 50.6. The minimum atomic E-state index is -1.64. The molecule has 0 heterocycles. The fraction of sp³-hybridized carbons (Fsp3) is 0.670. The molecular formula is C94H157NO8. The fourth-order valence-corrected chi connectivity index (χ4v) is 11.6. The number of hydrogen-bond acceptors (Lipinski definition) is 8. The van der Waals surface area contributed by atoms with E-state index < -0.39 is 24.3 Å². The van der Waals surface area contributed by atoms with Gasteiger partial charge in [-0.1, -0.05) is 377 Å². The Morgan fingerprint density at radius 1 is 0.291 bits per heavy atom. The summed E-state index contributed by atoms with van der Waals surface area (Å²) in [5.74, 6) is -2.30. The van der Waals surface area contributed by atoms with Gasteiger partial charge in [-0.2, -0.15) is 0 Å². The molecule has 586 valence electrons. The van der Waals surface area contributed by atoms with Crippen molar-refractivity contribution >= 4 is 17.9 Å². The quantitative estimate of drug-likeness (QED) is 0.0195. The maximum absolute atomic E-state index is 13.0. The first kappa shape index (κ1) is 97.7. The van der Waals surface area contributed by atoms with Crippen molar-refractivity contribution in [2.45, 2.75) is 360 Å². The molecule has 9 heteroatoms. The normalized spacial score (nSPS) is 13.5. The van der Waals surface area contributed by atoms with Gasteiger partial charge in [-0.05, 0) is 128 Å². The maximum Gasteiger partial charge on any atom is 0.306 e. The van der Waals surface area contributed by atoms with Gasteiger partial charge in [-0.3, -0.25) is 9.59 Å². The van der Waals surface area contributed by atoms with Gasteiger partial charge in [0.05, 0.1) is 40.3 Å². The Labute approximate surface area is 635 Å². The van der Waals surface area contributed by atoms with Crippen LogP contribution in [0.5, 0.6) is 0 Å². The summed E-state index contributed by atoms with van der Waals surface area (Å²) in [5, 5.41) is 11.9. The molecule has 0 aliphatic carbocycles. The highest BCUT2D eigenvalue weighted by Crippen LogP contribution is 2.19. The molecule has 0 amide bonds. The molecule has 0 fully saturated rings. The zero-order valence-corrected chi connectivity index (χ0v) is 67.1. The number of hydrogen-bond donors (Lipinski definition) is 0. The van der Waals surface area contributed by atoms with Gasteiger partial charge >= 0.3 is 11.9 Å². The van der Waals surface area contributed by atoms with Crippen LogP contribution in [0, 0.1) is 0 Å². The standard InChI is InChI=1S/C94H157NO8/c1-6-8-10-12-14-16-18-20-22-24-26-28-30-32-34-36-38-40-42-44-45-46-47-49-50-52-54-56-58-60-62-64-66-68-70-72-74-76-78-80-82-84-91(96)101-88-90(89-102-94(93(98)99)100-87-86-95(3,4)5)103-92(97)85-83-81-79-77-75-73-71-69-67-65-63-61-59-57-55-53-51-48-43-41-39-37-35-33-31-29-27-25-23-21-19-17-15-13-11-9-7-2/h8-11,14-17,20-23,26-29,33,35,39,41,48,51,55,57,61,63,67,69,90,94H,6-7,12-13,18-19,24-25,30-32,34,36-38,40,42-47,49-50,52-54,56,58-60,62,64-66,68,70-89H2,1-5H3/b10-8-,11-9-,16-14-,17-15-,22-20-,23-21-,28-26-,29-27-,35-33-,41-39-,51-48-,57-55-,63-61-,69-67-. The highest BCUT2D eigenvalue weighted by Gasteiger charge is 2.22. The number of unbranched alkanes of at least 4 members (excludes halogenated alkanes) is 34. The van der Waals surface area contributed by atoms with Crippen LogP contribution >= 0.6 is 0 Å². The molecule has 0 aromatic rings. The van der Waals surface area contributed by atoms with E-state index in [9.17, 15) is 19.5 Å². The van der Waals surface area contributed by atoms with Crippen molar-refractivity contribution in [1.82, 2.24) is 0 Å². The summed E-state index contributed by atoms with van der Waals surface area (Å²) in [6.45, 7) is 4.52. The molecule has 0 aliphatic rings. The van der Waals surface area contributed by atoms with Crippen LogP contribution in [-0.4, -0.2) is 82.3 Å². The van der Waals surface area contributed by atoms with Crippen molar-refractivity contribution in [2.75, 3.05) is 47.5 Å². The minimum absolute atomic E-state index is 0.138. The first-order valence-electron chi connectivity index (χ1n) is 42.3. The van der Waals surface area contributed by atoms with E-state index in [-0.39, 0.29) is 38.6 Å². The SMILES string of the molecule is CC/C=C\C/C=C\C/C=C\C/C=C\C/C=C\C/C=C\C/C=C\C/C=C\C/C=C\C/C=C\CCCCCCCCC(=O)OC(COC(=O)CCCCCCCCCCCCCCCCCCCCCCCCCCCCCC/C=C\C/C=C\C/C=C\C/C=C\CC)COC(OCC[N+](C)(C)C)C(=O)[O-]. The van der Waals surface area contributed by atoms with Crippen LogP contribution in [0.4, 0.5) is 0 Å². The Kier molecular flexibility index (Phi) is 78.0. The number of rotatable bonds is 77. The van der Waals surface area contributed by atoms with E-state index in [1.807, 2.05) is 21.1 Å². The molecule has 0 aromatic carbocycles. The number of carbonyl (C=O) groups excluding carboxylic acids is 3. The molecule has 0 N–H and O–H groups in total. The topological polar surface area (TPSA) is 111 Å². The van der Waals surface area contributed by atoms with Gasteiger partial charge in [0.15, 0.2) is 12.4 Å². The van der Waals surface area contributed by atoms with Gasteiger partial charge in [-0.25, -0.2) is 0 Å². The summed E-state index contributed by atoms with van der Waals surface area (Å²) in [7, 11) is 5.93. The number of carboxylic acids is 1. The third kappa shape index (κ3) is 83.8. The molecule has 103 heavy (non-hydrogen) atoms. The van der Waals surface area contributed by atoms with Gasteiger partial charge in [-0.15, -0.1) is 0 Å². The predicted octanol–water partition coefficient (Wildman–Crippen LogP) is 26.4. The van der Waals surface area contributed by atoms with Crippen LogP contribution in [0.25, 0.3) is 0 Å². The van der Waals surface area contributed by atoms with Crippen LogP contribution in [0.2, 0.25) is 0 Å². The summed E-state index contributed by atoms with van der Waals surface area (Å²) in [4.78, 5) is 37.6. The van der Waals surface area contributed by atoms with Gasteiger partial charge < -0.3 is 33.3 Å². The van der Waals surface area contributed by atoms with Crippen molar-refractivity contribution < 1.29 is 42.9 Å². The molecule has 0 spiro atoms. The third-order valence-electron chi connectivity index (χ3n) is 18.0. The lowest BCUT2D eigenvalue weighted by molar-refractivity contribution is -0.870. The minimum Gasteiger partial charge on any atom is -0.545 e. The van der Waals surface area contributed by atoms with Gasteiger partial charge in [0.25, 0.3) is 0 Å². The zero-order valence-electron chi connectivity index (χ0n) is 67.1. The lowest BCUT2D eigenvalue weighted by Gasteiger charge is -2.26. The Balaban J connectivity index is 4.04. The van der Waals surface area contributed by atoms with E-state index >= 15 is 0 Å². The molecule has 0 radical (unpaired) electrons. The number of nitrogens with zero attached hydrogens (tertiary/aromatic N) is 1. The van der Waals surface area contributed by atoms with Crippen LogP contribution in [-0.2, 0) is 33.3 Å². The van der Waals surface area contributed by atoms with Gasteiger partial charge in [0.2, 0.25) is 0 Å². The van der Waals surface area contributed by atoms with Crippen molar-refractivity contribution in [3.8, 4) is 0 Å². The van der Waals surface area contributed by atoms with Gasteiger partial charge in [0.1, 0.15) is 13.2 Å². The Morgan fingerprint density at radius 2 is 0.524 bits per heavy atom. The highest BCUT2D eigenvalue weighted by atomic mass is 16.7. The number of quaternary nitrogens is 1. The predicted molar refractivity (Wildman–Crippen MR) is 444 cm³/mol. The fourth-order valence-electron chi connectivity index (χ4n) is 11.6. The third-order valence-corrected chi connectivity index (χ3v) is 18.0. The zero-order chi connectivity index (χ0) is 74.6. The molecule has 2 atom stereocenters. The summed E-state index contributed by atoms with van der Waals surface area (Å²) in [5.41, 5.74) is 0. The Bertz CT molecular complexity index is 2310. The van der Waals surface area contributed by atoms with E-state index in [1.165, 1.54) is 167 Å². The molecule has 9 nitrogen and oxygen atoms in total. The second-order valence-electron chi connectivity index (χ2n) is 29.0. The molecule has 0 rings (SSSR count). The van der Waals surface area contributed by atoms with Crippen LogP contribution in [0.15, 0.2) is 170 Å². The number of carbonyl (C=O) groups is 3. The van der Waals surface area contributed by atoms with Crippen molar-refractivity contribution in [2.24, 2.45) is 0 Å². The maximum atomic E-state index is 13.0. The summed E-state index contributed by atoms with van der Waals surface area (Å²) < 4.78 is 22.9. The molecule has 2 unspecified atom stereocenters. The van der Waals surface area contributed by atoms with Gasteiger partial charge in [0, 0.05) is 12.8 Å². The average molecular weight is 1430 g/mol. The Hall–Kier alpha value is -5.35. The molecule has 0 aliphatic heterocycles. The smallest absolute Gasteiger partial charge is 0.306 e. The monoisotopic (exact) mass is 1430 g/mol. The van der Waals surface area contributed by atoms with E-state index in [1.54, 1.807) is 0 Å². The van der Waals surface area contributed by atoms with Crippen molar-refractivity contribution in [3.05, 3.63) is 170 Å². The molecular weight excluding hydrogens is 1270 g/mol. The average Bonchev–Trinajstić information content (AvgIpc) is 1.16. The summed E-state index contributed by atoms with van der Waals surface area (Å²) in [6.07, 6.45) is 121. The molecule has 0 saturated carbocycles. The Morgan fingerprint density at radius 3 is 0.777 bits per heavy atom. The number of allylic oxidation sites excluding steroid dienone is 28. The van der Waals surface area contributed by atoms with Crippen molar-refractivity contribution in [3.63, 3.8) is 0 Å². The second-order valence-corrected chi connectivity index (χ2v) is 29.0. The number of carboxylic acid groups (broad SMARTS) is 1. The highest BCUT2D eigenvalue weighted by molar-refractivity contribution is 5.70.